The first-order valence-electron chi connectivity index (χ1n) is 10.2. The van der Waals surface area contributed by atoms with Crippen LogP contribution in [-0.4, -0.2) is 44.2 Å². The molecule has 2 heterocycles. The van der Waals surface area contributed by atoms with Crippen molar-refractivity contribution < 1.29 is 27.5 Å². The molecule has 13 heteroatoms. The highest BCUT2D eigenvalue weighted by atomic mass is 19.4. The van der Waals surface area contributed by atoms with E-state index in [9.17, 15) is 22.8 Å². The number of aliphatic imine (C=N–C) groups is 1. The maximum absolute atomic E-state index is 13.0. The van der Waals surface area contributed by atoms with Crippen LogP contribution in [0, 0.1) is 0 Å². The van der Waals surface area contributed by atoms with Gasteiger partial charge in [0, 0.05) is 26.0 Å². The minimum Gasteiger partial charge on any atom is -0.441 e. The smallest absolute Gasteiger partial charge is 0.433 e. The van der Waals surface area contributed by atoms with Gasteiger partial charge in [0.25, 0.3) is 5.91 Å². The predicted octanol–water partition coefficient (Wildman–Crippen LogP) is 2.85. The molecule has 1 aliphatic rings. The Labute approximate surface area is 193 Å². The number of rotatable bonds is 7. The summed E-state index contributed by atoms with van der Waals surface area (Å²) in [4.78, 5) is 32.1. The number of alkyl halides is 3. The average Bonchev–Trinajstić information content (AvgIpc) is 3.44. The van der Waals surface area contributed by atoms with Gasteiger partial charge in [0.05, 0.1) is 6.04 Å². The number of carbonyl (C=O) groups excluding carboxylic acids is 2. The van der Waals surface area contributed by atoms with Crippen molar-refractivity contribution in [1.82, 2.24) is 30.0 Å². The second kappa shape index (κ2) is 9.93. The quantitative estimate of drug-likeness (QED) is 0.468. The number of halogens is 3. The standard InChI is InChI=1S/C21H24F3N7O3/c1-5-12(8-16(25-2)21(22,23)24)27-19(32)18-13-6-7-15(14(13)9-30(18)3)28-20(33)34-10-17-26-11-31(4)29-17/h5,8-9,11,15H,2,6-7,10H2,1,3-4H3,(H,27,32)(H,28,33)/b12-5+,16-8-. The van der Waals surface area contributed by atoms with Crippen molar-refractivity contribution >= 4 is 18.7 Å². The monoisotopic (exact) mass is 479 g/mol. The normalized spacial score (nSPS) is 16.2. The molecule has 0 radical (unpaired) electrons. The van der Waals surface area contributed by atoms with E-state index in [4.69, 9.17) is 4.74 Å². The van der Waals surface area contributed by atoms with Gasteiger partial charge in [-0.25, -0.2) is 9.78 Å². The van der Waals surface area contributed by atoms with Crippen LogP contribution in [0.5, 0.6) is 0 Å². The Kier molecular flexibility index (Phi) is 7.23. The molecule has 2 amide bonds. The number of aromatic nitrogens is 4. The molecule has 0 aromatic carbocycles. The largest absolute Gasteiger partial charge is 0.441 e. The molecule has 1 aliphatic carbocycles. The van der Waals surface area contributed by atoms with Crippen LogP contribution in [0.4, 0.5) is 18.0 Å². The van der Waals surface area contributed by atoms with Crippen LogP contribution < -0.4 is 10.6 Å². The van der Waals surface area contributed by atoms with Crippen molar-refractivity contribution in [3.05, 3.63) is 58.7 Å². The van der Waals surface area contributed by atoms with Gasteiger partial charge in [-0.1, -0.05) is 6.08 Å². The fourth-order valence-corrected chi connectivity index (χ4v) is 3.67. The zero-order valence-electron chi connectivity index (χ0n) is 18.8. The van der Waals surface area contributed by atoms with Crippen LogP contribution in [0.2, 0.25) is 0 Å². The van der Waals surface area contributed by atoms with Crippen molar-refractivity contribution in [3.8, 4) is 0 Å². The number of hydrogen-bond acceptors (Lipinski definition) is 6. The van der Waals surface area contributed by atoms with Crippen LogP contribution in [0.1, 0.15) is 46.8 Å². The van der Waals surface area contributed by atoms with Crippen molar-refractivity contribution in [1.29, 1.82) is 0 Å². The zero-order chi connectivity index (χ0) is 25.0. The molecule has 3 rings (SSSR count). The number of aryl methyl sites for hydroxylation is 2. The number of alkyl carbamates (subject to hydrolysis) is 1. The third kappa shape index (κ3) is 5.53. The van der Waals surface area contributed by atoms with Crippen LogP contribution in [-0.2, 0) is 31.9 Å². The molecule has 1 unspecified atom stereocenters. The van der Waals surface area contributed by atoms with E-state index >= 15 is 0 Å². The van der Waals surface area contributed by atoms with E-state index in [0.717, 1.165) is 5.56 Å². The van der Waals surface area contributed by atoms with Gasteiger partial charge in [0.2, 0.25) is 0 Å². The van der Waals surface area contributed by atoms with E-state index < -0.39 is 23.9 Å². The van der Waals surface area contributed by atoms with Crippen LogP contribution >= 0.6 is 0 Å². The molecule has 2 N–H and O–H groups in total. The molecule has 0 bridgehead atoms. The summed E-state index contributed by atoms with van der Waals surface area (Å²) in [5.74, 6) is -0.222. The first kappa shape index (κ1) is 24.7. The summed E-state index contributed by atoms with van der Waals surface area (Å²) in [5.41, 5.74) is 0.440. The van der Waals surface area contributed by atoms with Crippen molar-refractivity contribution in [2.24, 2.45) is 19.1 Å². The highest BCUT2D eigenvalue weighted by molar-refractivity contribution is 5.96. The van der Waals surface area contributed by atoms with E-state index in [0.29, 0.717) is 36.0 Å². The third-order valence-corrected chi connectivity index (χ3v) is 5.19. The molecule has 0 saturated carbocycles. The molecular weight excluding hydrogens is 455 g/mol. The van der Waals surface area contributed by atoms with Crippen molar-refractivity contribution in [3.63, 3.8) is 0 Å². The lowest BCUT2D eigenvalue weighted by molar-refractivity contribution is -0.0923. The van der Waals surface area contributed by atoms with Gasteiger partial charge >= 0.3 is 12.3 Å². The first-order valence-corrected chi connectivity index (χ1v) is 10.2. The fraction of sp³-hybridized carbons (Fsp3) is 0.381. The van der Waals surface area contributed by atoms with Gasteiger partial charge in [-0.3, -0.25) is 14.5 Å². The van der Waals surface area contributed by atoms with Gasteiger partial charge in [-0.15, -0.1) is 0 Å². The molecule has 2 aromatic heterocycles. The van der Waals surface area contributed by atoms with Crippen LogP contribution in [0.3, 0.4) is 0 Å². The number of ether oxygens (including phenoxy) is 1. The molecule has 34 heavy (non-hydrogen) atoms. The predicted molar refractivity (Wildman–Crippen MR) is 116 cm³/mol. The van der Waals surface area contributed by atoms with E-state index in [1.807, 2.05) is 0 Å². The summed E-state index contributed by atoms with van der Waals surface area (Å²) < 4.78 is 47.1. The molecule has 1 atom stereocenters. The second-order valence-electron chi connectivity index (χ2n) is 7.55. The fourth-order valence-electron chi connectivity index (χ4n) is 3.67. The van der Waals surface area contributed by atoms with Crippen LogP contribution in [0.15, 0.2) is 41.1 Å². The summed E-state index contributed by atoms with van der Waals surface area (Å²) in [6.45, 7) is 4.33. The lowest BCUT2D eigenvalue weighted by Crippen LogP contribution is -2.27. The number of allylic oxidation sites excluding steroid dienone is 3. The van der Waals surface area contributed by atoms with Gasteiger partial charge in [-0.05, 0) is 43.7 Å². The summed E-state index contributed by atoms with van der Waals surface area (Å²) in [6.07, 6.45) is 0.917. The Morgan fingerprint density at radius 1 is 1.38 bits per heavy atom. The Hall–Kier alpha value is -3.90. The number of nitrogens with one attached hydrogen (secondary N) is 2. The Morgan fingerprint density at radius 2 is 2.12 bits per heavy atom. The topological polar surface area (TPSA) is 115 Å². The molecule has 10 nitrogen and oxygen atoms in total. The van der Waals surface area contributed by atoms with E-state index in [1.165, 1.54) is 24.0 Å². The molecule has 0 spiro atoms. The number of hydrogen-bond donors (Lipinski definition) is 2. The summed E-state index contributed by atoms with van der Waals surface area (Å²) in [6, 6.07) is -0.380. The van der Waals surface area contributed by atoms with Crippen LogP contribution in [0.25, 0.3) is 0 Å². The molecule has 0 aliphatic heterocycles. The Balaban J connectivity index is 1.69. The maximum Gasteiger partial charge on any atom is 0.433 e. The van der Waals surface area contributed by atoms with Gasteiger partial charge < -0.3 is 19.9 Å². The molecular formula is C21H24F3N7O3. The van der Waals surface area contributed by atoms with E-state index in [1.54, 1.807) is 24.9 Å². The van der Waals surface area contributed by atoms with E-state index in [-0.39, 0.29) is 18.3 Å². The highest BCUT2D eigenvalue weighted by Crippen LogP contribution is 2.35. The summed E-state index contributed by atoms with van der Waals surface area (Å²) in [5, 5.41) is 9.27. The lowest BCUT2D eigenvalue weighted by Gasteiger charge is -2.12. The van der Waals surface area contributed by atoms with Gasteiger partial charge in [-0.2, -0.15) is 18.3 Å². The third-order valence-electron chi connectivity index (χ3n) is 5.19. The second-order valence-corrected chi connectivity index (χ2v) is 7.55. The minimum absolute atomic E-state index is 0.0703. The SMILES string of the molecule is C=N/C(=C\C(=C/C)NC(=O)c1c2c(cn1C)C(NC(=O)OCc1ncn(C)n1)CC2)C(F)(F)F. The van der Waals surface area contributed by atoms with Crippen molar-refractivity contribution in [2.45, 2.75) is 38.6 Å². The number of amides is 2. The highest BCUT2D eigenvalue weighted by Gasteiger charge is 2.34. The van der Waals surface area contributed by atoms with Gasteiger partial charge in [0.15, 0.2) is 12.4 Å². The molecule has 182 valence electrons. The zero-order valence-corrected chi connectivity index (χ0v) is 18.8. The van der Waals surface area contributed by atoms with Gasteiger partial charge in [0.1, 0.15) is 17.7 Å². The number of nitrogens with zero attached hydrogens (tertiary/aromatic N) is 5. The number of fused-ring (bicyclic) bond motifs is 1. The number of carbonyl (C=O) groups is 2. The van der Waals surface area contributed by atoms with Crippen molar-refractivity contribution in [2.75, 3.05) is 0 Å². The molecule has 0 saturated heterocycles. The lowest BCUT2D eigenvalue weighted by atomic mass is 10.1. The Morgan fingerprint density at radius 3 is 2.71 bits per heavy atom. The van der Waals surface area contributed by atoms with E-state index in [2.05, 4.69) is 32.4 Å². The molecule has 2 aromatic rings. The maximum atomic E-state index is 13.0. The first-order chi connectivity index (χ1) is 16.0. The molecule has 0 fully saturated rings. The summed E-state index contributed by atoms with van der Waals surface area (Å²) in [7, 11) is 3.34. The minimum atomic E-state index is -4.70. The summed E-state index contributed by atoms with van der Waals surface area (Å²) >= 11 is 0. The average molecular weight is 479 g/mol. The Bertz CT molecular complexity index is 1160.